The number of aromatic nitrogens is 2. The van der Waals surface area contributed by atoms with E-state index in [1.165, 1.54) is 5.56 Å². The predicted molar refractivity (Wildman–Crippen MR) is 167 cm³/mol. The number of hydrogen-bond acceptors (Lipinski definition) is 8. The average Bonchev–Trinajstić information content (AvgIpc) is 3.67. The summed E-state index contributed by atoms with van der Waals surface area (Å²) in [7, 11) is 3.52. The third-order valence-corrected chi connectivity index (χ3v) is 8.90. The van der Waals surface area contributed by atoms with Gasteiger partial charge >= 0.3 is 0 Å². The van der Waals surface area contributed by atoms with Crippen LogP contribution in [0.4, 0.5) is 0 Å². The molecular formula is C34H41N7O2. The maximum absolute atomic E-state index is 12.7. The van der Waals surface area contributed by atoms with Crippen molar-refractivity contribution in [3.05, 3.63) is 100 Å². The highest BCUT2D eigenvalue weighted by Crippen LogP contribution is 2.48. The molecule has 0 saturated carbocycles. The Bertz CT molecular complexity index is 1520. The number of rotatable bonds is 10. The van der Waals surface area contributed by atoms with Crippen LogP contribution in [0, 0.1) is 18.3 Å². The van der Waals surface area contributed by atoms with Gasteiger partial charge in [0, 0.05) is 57.1 Å². The minimum Gasteiger partial charge on any atom is -0.424 e. The van der Waals surface area contributed by atoms with Crippen LogP contribution in [0.25, 0.3) is 5.70 Å². The van der Waals surface area contributed by atoms with Gasteiger partial charge in [-0.3, -0.25) is 4.79 Å². The van der Waals surface area contributed by atoms with Gasteiger partial charge in [0.2, 0.25) is 11.8 Å². The molecule has 9 nitrogen and oxygen atoms in total. The molecular weight excluding hydrogens is 538 g/mol. The van der Waals surface area contributed by atoms with Crippen LogP contribution in [0.5, 0.6) is 0 Å². The number of carbonyl (C=O) groups excluding carboxylic acids is 1. The number of nitrogens with zero attached hydrogens (tertiary/aromatic N) is 4. The summed E-state index contributed by atoms with van der Waals surface area (Å²) in [6.45, 7) is 13.9. The second kappa shape index (κ2) is 12.4. The molecule has 43 heavy (non-hydrogen) atoms. The molecule has 1 aliphatic carbocycles. The standard InChI is InChI=1S/C34H41N7O2/c1-21(38-20-22(2)41-15-7-8-29(41)19-35)18-34(33-40-39-24(4)43-33)30-13-11-25(23(3)36-5)16-26(30)9-10-27-17-28(32(42)37-6)12-14-31(27)34/h11-14,16-17,21,29,36,38H,2-3,7-10,15,18,20H2,1,4-6H3,(H,37,42)/t21-,29?,34?/m1/s1. The zero-order valence-electron chi connectivity index (χ0n) is 25.6. The number of benzene rings is 2. The highest BCUT2D eigenvalue weighted by atomic mass is 16.4. The summed E-state index contributed by atoms with van der Waals surface area (Å²) in [5.41, 5.74) is 7.04. The fourth-order valence-electron chi connectivity index (χ4n) is 6.68. The molecule has 0 radical (unpaired) electrons. The Morgan fingerprint density at radius 2 is 1.79 bits per heavy atom. The van der Waals surface area contributed by atoms with Crippen LogP contribution in [-0.2, 0) is 18.3 Å². The molecule has 2 unspecified atom stereocenters. The molecule has 2 aromatic carbocycles. The summed E-state index contributed by atoms with van der Waals surface area (Å²) in [6, 6.07) is 14.7. The quantitative estimate of drug-likeness (QED) is 0.327. The summed E-state index contributed by atoms with van der Waals surface area (Å²) >= 11 is 0. The second-order valence-corrected chi connectivity index (χ2v) is 11.6. The van der Waals surface area contributed by atoms with Crippen LogP contribution in [-0.4, -0.2) is 60.3 Å². The van der Waals surface area contributed by atoms with Crippen molar-refractivity contribution in [2.45, 2.75) is 63.5 Å². The second-order valence-electron chi connectivity index (χ2n) is 11.6. The van der Waals surface area contributed by atoms with Crippen LogP contribution in [0.3, 0.4) is 0 Å². The van der Waals surface area contributed by atoms with Crippen molar-refractivity contribution < 1.29 is 9.21 Å². The van der Waals surface area contributed by atoms with Gasteiger partial charge in [0.05, 0.1) is 6.07 Å². The zero-order valence-corrected chi connectivity index (χ0v) is 25.6. The predicted octanol–water partition coefficient (Wildman–Crippen LogP) is 4.23. The molecule has 2 heterocycles. The molecule has 3 aromatic rings. The molecule has 2 aliphatic rings. The Kier molecular flexibility index (Phi) is 8.69. The number of carbonyl (C=O) groups is 1. The molecule has 3 atom stereocenters. The van der Waals surface area contributed by atoms with Crippen LogP contribution >= 0.6 is 0 Å². The Balaban J connectivity index is 1.62. The molecule has 9 heteroatoms. The van der Waals surface area contributed by atoms with Gasteiger partial charge in [-0.05, 0) is 85.0 Å². The number of amides is 1. The molecule has 1 fully saturated rings. The molecule has 0 bridgehead atoms. The van der Waals surface area contributed by atoms with Gasteiger partial charge in [-0.1, -0.05) is 31.4 Å². The van der Waals surface area contributed by atoms with E-state index in [-0.39, 0.29) is 18.0 Å². The lowest BCUT2D eigenvalue weighted by Crippen LogP contribution is -2.41. The Hall–Kier alpha value is -4.42. The largest absolute Gasteiger partial charge is 0.424 e. The van der Waals surface area contributed by atoms with Crippen LogP contribution in [0.2, 0.25) is 0 Å². The third-order valence-electron chi connectivity index (χ3n) is 8.90. The monoisotopic (exact) mass is 579 g/mol. The molecule has 1 aliphatic heterocycles. The maximum atomic E-state index is 12.7. The van der Waals surface area contributed by atoms with Crippen molar-refractivity contribution in [3.8, 4) is 6.07 Å². The minimum atomic E-state index is -0.778. The average molecular weight is 580 g/mol. The van der Waals surface area contributed by atoms with Gasteiger partial charge in [0.25, 0.3) is 5.91 Å². The lowest BCUT2D eigenvalue weighted by molar-refractivity contribution is 0.0963. The summed E-state index contributed by atoms with van der Waals surface area (Å²) in [5, 5.41) is 28.1. The number of fused-ring (bicyclic) bond motifs is 2. The summed E-state index contributed by atoms with van der Waals surface area (Å²) < 4.78 is 6.31. The normalized spacial score (nSPS) is 19.9. The van der Waals surface area contributed by atoms with Gasteiger partial charge in [-0.2, -0.15) is 5.26 Å². The highest BCUT2D eigenvalue weighted by Gasteiger charge is 2.46. The lowest BCUT2D eigenvalue weighted by Gasteiger charge is -2.36. The smallest absolute Gasteiger partial charge is 0.251 e. The van der Waals surface area contributed by atoms with Crippen molar-refractivity contribution in [2.24, 2.45) is 0 Å². The van der Waals surface area contributed by atoms with E-state index in [4.69, 9.17) is 4.42 Å². The number of likely N-dealkylation sites (tertiary alicyclic amines) is 1. The molecule has 1 amide bonds. The van der Waals surface area contributed by atoms with E-state index in [0.29, 0.717) is 30.3 Å². The molecule has 0 spiro atoms. The Morgan fingerprint density at radius 1 is 1.12 bits per heavy atom. The van der Waals surface area contributed by atoms with Gasteiger partial charge in [0.1, 0.15) is 11.5 Å². The molecule has 5 rings (SSSR count). The van der Waals surface area contributed by atoms with Gasteiger partial charge in [-0.25, -0.2) is 0 Å². The van der Waals surface area contributed by atoms with Crippen molar-refractivity contribution in [1.29, 1.82) is 5.26 Å². The van der Waals surface area contributed by atoms with Gasteiger partial charge in [0.15, 0.2) is 0 Å². The number of hydrogen-bond donors (Lipinski definition) is 3. The van der Waals surface area contributed by atoms with Crippen molar-refractivity contribution in [3.63, 3.8) is 0 Å². The van der Waals surface area contributed by atoms with Crippen molar-refractivity contribution >= 4 is 11.6 Å². The fraction of sp³-hybridized carbons (Fsp3) is 0.412. The van der Waals surface area contributed by atoms with E-state index < -0.39 is 5.41 Å². The van der Waals surface area contributed by atoms with Crippen molar-refractivity contribution in [2.75, 3.05) is 27.2 Å². The third kappa shape index (κ3) is 5.67. The van der Waals surface area contributed by atoms with E-state index in [2.05, 4.69) is 81.5 Å². The Morgan fingerprint density at radius 3 is 2.40 bits per heavy atom. The van der Waals surface area contributed by atoms with Crippen molar-refractivity contribution in [1.82, 2.24) is 31.0 Å². The topological polar surface area (TPSA) is 119 Å². The molecule has 1 saturated heterocycles. The number of nitrogens with one attached hydrogen (secondary N) is 3. The van der Waals surface area contributed by atoms with E-state index >= 15 is 0 Å². The summed E-state index contributed by atoms with van der Waals surface area (Å²) in [5.74, 6) is 0.899. The molecule has 3 N–H and O–H groups in total. The van der Waals surface area contributed by atoms with Crippen LogP contribution in [0.1, 0.15) is 76.1 Å². The summed E-state index contributed by atoms with van der Waals surface area (Å²) in [4.78, 5) is 14.8. The molecule has 1 aromatic heterocycles. The fourth-order valence-corrected chi connectivity index (χ4v) is 6.68. The van der Waals surface area contributed by atoms with Crippen LogP contribution in [0.15, 0.2) is 59.7 Å². The zero-order chi connectivity index (χ0) is 30.7. The van der Waals surface area contributed by atoms with E-state index in [1.807, 2.05) is 26.1 Å². The first-order valence-electron chi connectivity index (χ1n) is 15.0. The highest BCUT2D eigenvalue weighted by molar-refractivity contribution is 5.94. The number of nitriles is 1. The SMILES string of the molecule is C=C(NC)c1ccc2c(c1)CCc1cc(C(=O)NC)ccc1C2(C[C@@H](C)NCC(=C)N1CCCC1C#N)c1nnc(C)o1. The van der Waals surface area contributed by atoms with E-state index in [1.54, 1.807) is 7.05 Å². The Labute approximate surface area is 254 Å². The molecule has 224 valence electrons. The minimum absolute atomic E-state index is 0.00328. The maximum Gasteiger partial charge on any atom is 0.251 e. The first-order valence-corrected chi connectivity index (χ1v) is 15.0. The van der Waals surface area contributed by atoms with Gasteiger partial charge in [-0.15, -0.1) is 10.2 Å². The number of aryl methyl sites for hydroxylation is 3. The first-order chi connectivity index (χ1) is 20.7. The lowest BCUT2D eigenvalue weighted by atomic mass is 9.68. The van der Waals surface area contributed by atoms with Gasteiger partial charge < -0.3 is 25.3 Å². The van der Waals surface area contributed by atoms with Crippen LogP contribution < -0.4 is 16.0 Å². The van der Waals surface area contributed by atoms with E-state index in [0.717, 1.165) is 65.9 Å². The first kappa shape index (κ1) is 30.1. The van der Waals surface area contributed by atoms with E-state index in [9.17, 15) is 10.1 Å². The summed E-state index contributed by atoms with van der Waals surface area (Å²) in [6.07, 6.45) is 4.02.